The van der Waals surface area contributed by atoms with Crippen molar-refractivity contribution in [3.05, 3.63) is 121 Å². The molecule has 13 heteroatoms. The maximum Gasteiger partial charge on any atom is 0.313 e. The molecule has 3 saturated heterocycles. The molecule has 3 amide bonds. The van der Waals surface area contributed by atoms with Crippen molar-refractivity contribution in [3.63, 3.8) is 0 Å². The van der Waals surface area contributed by atoms with Crippen molar-refractivity contribution in [1.29, 1.82) is 0 Å². The van der Waals surface area contributed by atoms with Gasteiger partial charge >= 0.3 is 5.97 Å². The highest BCUT2D eigenvalue weighted by atomic mass is 16.6. The first-order valence-corrected chi connectivity index (χ1v) is 18.3. The van der Waals surface area contributed by atoms with Gasteiger partial charge in [-0.2, -0.15) is 0 Å². The summed E-state index contributed by atoms with van der Waals surface area (Å²) in [4.78, 5) is 60.0. The Bertz CT molecular complexity index is 2020. The number of hydrogen-bond donors (Lipinski definition) is 2. The van der Waals surface area contributed by atoms with Gasteiger partial charge in [0.2, 0.25) is 17.7 Å². The van der Waals surface area contributed by atoms with Crippen molar-refractivity contribution >= 4 is 34.7 Å². The monoisotopic (exact) mass is 732 g/mol. The summed E-state index contributed by atoms with van der Waals surface area (Å²) < 4.78 is 14.5. The van der Waals surface area contributed by atoms with E-state index in [0.717, 1.165) is 5.52 Å². The number of carbonyl (C=O) groups is 4. The molecule has 54 heavy (non-hydrogen) atoms. The quantitative estimate of drug-likeness (QED) is 0.129. The van der Waals surface area contributed by atoms with Gasteiger partial charge in [0.1, 0.15) is 29.9 Å². The number of amides is 3. The third kappa shape index (κ3) is 6.69. The molecule has 1 aromatic heterocycles. The van der Waals surface area contributed by atoms with E-state index in [9.17, 15) is 19.5 Å². The van der Waals surface area contributed by atoms with Gasteiger partial charge in [0.05, 0.1) is 42.6 Å². The molecule has 3 aromatic carbocycles. The lowest BCUT2D eigenvalue weighted by molar-refractivity contribution is -0.161. The van der Waals surface area contributed by atoms with E-state index in [2.05, 4.69) is 28.8 Å². The normalized spacial score (nSPS) is 23.8. The first kappa shape index (κ1) is 36.7. The highest BCUT2D eigenvalue weighted by Gasteiger charge is 2.76. The van der Waals surface area contributed by atoms with E-state index >= 15 is 4.79 Å². The molecule has 280 valence electrons. The van der Waals surface area contributed by atoms with Gasteiger partial charge in [-0.25, -0.2) is 4.68 Å². The first-order valence-electron chi connectivity index (χ1n) is 18.3. The Balaban J connectivity index is 1.24. The Kier molecular flexibility index (Phi) is 10.7. The third-order valence-electron chi connectivity index (χ3n) is 10.8. The molecule has 3 aliphatic rings. The minimum Gasteiger partial charge on any atom is -0.455 e. The second-order valence-electron chi connectivity index (χ2n) is 13.9. The molecule has 7 rings (SSSR count). The number of nitrogens with one attached hydrogen (secondary N) is 1. The van der Waals surface area contributed by atoms with E-state index in [4.69, 9.17) is 9.47 Å². The molecule has 2 bridgehead atoms. The maximum absolute atomic E-state index is 15.1. The lowest BCUT2D eigenvalue weighted by Gasteiger charge is -2.39. The highest BCUT2D eigenvalue weighted by molar-refractivity contribution is 5.98. The summed E-state index contributed by atoms with van der Waals surface area (Å²) in [5.41, 5.74) is 1.30. The van der Waals surface area contributed by atoms with Crippen LogP contribution in [0.15, 0.2) is 110 Å². The van der Waals surface area contributed by atoms with Crippen LogP contribution in [0.25, 0.3) is 11.0 Å². The summed E-state index contributed by atoms with van der Waals surface area (Å²) >= 11 is 0. The van der Waals surface area contributed by atoms with Crippen molar-refractivity contribution in [2.24, 2.45) is 11.8 Å². The molecule has 0 unspecified atom stereocenters. The van der Waals surface area contributed by atoms with Crippen molar-refractivity contribution in [2.45, 2.75) is 62.2 Å². The Hall–Kier alpha value is -5.66. The van der Waals surface area contributed by atoms with Gasteiger partial charge < -0.3 is 29.7 Å². The average molecular weight is 733 g/mol. The van der Waals surface area contributed by atoms with Crippen molar-refractivity contribution in [1.82, 2.24) is 30.1 Å². The van der Waals surface area contributed by atoms with Crippen LogP contribution in [0.4, 0.5) is 0 Å². The summed E-state index contributed by atoms with van der Waals surface area (Å²) in [5, 5.41) is 22.3. The van der Waals surface area contributed by atoms with Gasteiger partial charge in [-0.3, -0.25) is 19.2 Å². The molecule has 1 spiro atoms. The number of para-hydroxylation sites is 1. The molecule has 3 fully saturated rings. The van der Waals surface area contributed by atoms with Crippen LogP contribution in [0.3, 0.4) is 0 Å². The van der Waals surface area contributed by atoms with E-state index in [1.54, 1.807) is 46.0 Å². The summed E-state index contributed by atoms with van der Waals surface area (Å²) in [6.45, 7) is 7.23. The zero-order valence-corrected chi connectivity index (χ0v) is 29.9. The van der Waals surface area contributed by atoms with E-state index in [0.29, 0.717) is 35.9 Å². The second kappa shape index (κ2) is 15.7. The molecule has 0 radical (unpaired) electrons. The molecule has 3 aliphatic heterocycles. The number of aromatic nitrogens is 3. The number of allylic oxidation sites excluding steroid dienone is 1. The third-order valence-corrected chi connectivity index (χ3v) is 10.8. The molecule has 0 aliphatic carbocycles. The van der Waals surface area contributed by atoms with Crippen LogP contribution in [0, 0.1) is 11.8 Å². The van der Waals surface area contributed by atoms with Crippen molar-refractivity contribution in [2.75, 3.05) is 19.7 Å². The number of likely N-dealkylation sites (tertiary alicyclic amines) is 1. The molecule has 13 nitrogen and oxygen atoms in total. The number of esters is 1. The minimum absolute atomic E-state index is 0.00590. The van der Waals surface area contributed by atoms with Gasteiger partial charge in [0.25, 0.3) is 0 Å². The lowest BCUT2D eigenvalue weighted by Crippen LogP contribution is -2.57. The smallest absolute Gasteiger partial charge is 0.313 e. The van der Waals surface area contributed by atoms with Crippen LogP contribution in [-0.2, 0) is 35.3 Å². The van der Waals surface area contributed by atoms with Gasteiger partial charge in [0.15, 0.2) is 0 Å². The predicted octanol–water partition coefficient (Wildman–Crippen LogP) is 3.88. The van der Waals surface area contributed by atoms with Crippen molar-refractivity contribution < 1.29 is 33.8 Å². The summed E-state index contributed by atoms with van der Waals surface area (Å²) in [6, 6.07) is 23.4. The van der Waals surface area contributed by atoms with Gasteiger partial charge in [0, 0.05) is 13.0 Å². The largest absolute Gasteiger partial charge is 0.455 e. The number of benzene rings is 3. The Labute approximate surface area is 313 Å². The fourth-order valence-corrected chi connectivity index (χ4v) is 8.38. The molecule has 0 saturated carbocycles. The Morgan fingerprint density at radius 2 is 1.72 bits per heavy atom. The highest BCUT2D eigenvalue weighted by Crippen LogP contribution is 2.60. The standard InChI is InChI=1S/C41H44N6O7/c1-3-5-20-34(49)42-24-33(28-16-10-7-11-17-28)53-40(52)35-32-21-22-41(54-32)36(35)38(50)47(31(25-48)27-14-8-6-9-15-27)37(41)39(51)45(23-4-2)26-46-30-19-13-12-18-29(30)43-44-46/h3-4,6-19,31-33,35-37,48H,1-2,5,20-26H2,(H,42,49)/t31-,32-,33+,35+,36+,37-,41+/m1/s1. The van der Waals surface area contributed by atoms with Crippen LogP contribution in [0.2, 0.25) is 0 Å². The van der Waals surface area contributed by atoms with E-state index in [1.807, 2.05) is 60.7 Å². The van der Waals surface area contributed by atoms with Crippen molar-refractivity contribution in [3.8, 4) is 0 Å². The molecule has 4 aromatic rings. The number of aliphatic hydroxyl groups is 1. The van der Waals surface area contributed by atoms with Crippen LogP contribution < -0.4 is 5.32 Å². The Morgan fingerprint density at radius 3 is 2.43 bits per heavy atom. The maximum atomic E-state index is 15.1. The van der Waals surface area contributed by atoms with E-state index in [-0.39, 0.29) is 32.1 Å². The average Bonchev–Trinajstić information content (AvgIpc) is 3.96. The summed E-state index contributed by atoms with van der Waals surface area (Å²) in [5.74, 6) is -3.86. The number of aliphatic hydroxyl groups excluding tert-OH is 1. The van der Waals surface area contributed by atoms with Gasteiger partial charge in [-0.1, -0.05) is 90.2 Å². The lowest BCUT2D eigenvalue weighted by atomic mass is 9.70. The predicted molar refractivity (Wildman–Crippen MR) is 198 cm³/mol. The van der Waals surface area contributed by atoms with Crippen LogP contribution in [0.1, 0.15) is 49.0 Å². The molecule has 2 N–H and O–H groups in total. The number of hydrogen-bond acceptors (Lipinski definition) is 9. The van der Waals surface area contributed by atoms with Crippen LogP contribution in [-0.4, -0.2) is 91.0 Å². The minimum atomic E-state index is -1.38. The number of nitrogens with zero attached hydrogens (tertiary/aromatic N) is 5. The SMILES string of the molecule is C=CCCC(=O)NC[C@H](OC(=O)[C@@H]1[C@H]2C(=O)N([C@H](CO)c3ccccc3)[C@H](C(=O)N(CC=C)Cn3nnc4ccccc43)[C@]23CC[C@H]1O3)c1ccccc1. The molecular formula is C41H44N6O7. The van der Waals surface area contributed by atoms with Gasteiger partial charge in [-0.15, -0.1) is 18.3 Å². The zero-order chi connectivity index (χ0) is 37.8. The molecular weight excluding hydrogens is 688 g/mol. The Morgan fingerprint density at radius 1 is 1.02 bits per heavy atom. The van der Waals surface area contributed by atoms with E-state index < -0.39 is 66.1 Å². The summed E-state index contributed by atoms with van der Waals surface area (Å²) in [6.07, 6.45) is 3.23. The second-order valence-corrected chi connectivity index (χ2v) is 13.9. The van der Waals surface area contributed by atoms with Crippen LogP contribution >= 0.6 is 0 Å². The molecule has 4 heterocycles. The number of fused-ring (bicyclic) bond motifs is 2. The topological polar surface area (TPSA) is 156 Å². The number of rotatable bonds is 16. The van der Waals surface area contributed by atoms with Crippen LogP contribution in [0.5, 0.6) is 0 Å². The zero-order valence-electron chi connectivity index (χ0n) is 29.9. The summed E-state index contributed by atoms with van der Waals surface area (Å²) in [7, 11) is 0. The number of carbonyl (C=O) groups excluding carboxylic acids is 4. The van der Waals surface area contributed by atoms with E-state index in [1.165, 1.54) is 4.90 Å². The fourth-order valence-electron chi connectivity index (χ4n) is 8.38. The number of ether oxygens (including phenoxy) is 2. The molecule has 7 atom stereocenters. The fraction of sp³-hybridized carbons (Fsp3) is 0.366. The first-order chi connectivity index (χ1) is 26.3. The van der Waals surface area contributed by atoms with Gasteiger partial charge in [-0.05, 0) is 42.5 Å².